The zero-order valence-corrected chi connectivity index (χ0v) is 20.2. The highest BCUT2D eigenvalue weighted by atomic mass is 19.4. The molecular formula is C25H31F3N6O2. The van der Waals surface area contributed by atoms with Crippen LogP contribution in [0.15, 0.2) is 30.6 Å². The van der Waals surface area contributed by atoms with Gasteiger partial charge in [0.25, 0.3) is 5.91 Å². The van der Waals surface area contributed by atoms with Gasteiger partial charge in [-0.1, -0.05) is 6.07 Å². The van der Waals surface area contributed by atoms with Gasteiger partial charge in [0, 0.05) is 50.6 Å². The first kappa shape index (κ1) is 24.6. The van der Waals surface area contributed by atoms with E-state index in [0.29, 0.717) is 24.3 Å². The summed E-state index contributed by atoms with van der Waals surface area (Å²) in [6.45, 7) is 2.96. The molecule has 1 unspecified atom stereocenters. The molecule has 3 heterocycles. The van der Waals surface area contributed by atoms with Crippen LogP contribution in [0.4, 0.5) is 23.7 Å². The first-order valence-corrected chi connectivity index (χ1v) is 12.4. The van der Waals surface area contributed by atoms with Gasteiger partial charge in [-0.15, -0.1) is 0 Å². The maximum atomic E-state index is 13.9. The van der Waals surface area contributed by atoms with Crippen molar-refractivity contribution < 1.29 is 22.8 Å². The molecule has 2 aliphatic heterocycles. The second-order valence-electron chi connectivity index (χ2n) is 10.3. The lowest BCUT2D eigenvalue weighted by molar-refractivity contribution is -0.138. The molecule has 2 saturated heterocycles. The molecule has 5 rings (SSSR count). The van der Waals surface area contributed by atoms with Gasteiger partial charge in [-0.05, 0) is 62.3 Å². The first-order valence-electron chi connectivity index (χ1n) is 12.4. The molecule has 0 radical (unpaired) electrons. The molecular weight excluding hydrogens is 473 g/mol. The van der Waals surface area contributed by atoms with Crippen molar-refractivity contribution in [1.29, 1.82) is 0 Å². The van der Waals surface area contributed by atoms with Gasteiger partial charge in [0.15, 0.2) is 0 Å². The zero-order chi connectivity index (χ0) is 25.6. The summed E-state index contributed by atoms with van der Waals surface area (Å²) in [5.41, 5.74) is 5.80. The summed E-state index contributed by atoms with van der Waals surface area (Å²) in [5, 5.41) is 3.95. The highest BCUT2D eigenvalue weighted by molar-refractivity contribution is 5.93. The number of nitrogens with two attached hydrogens (primary N) is 1. The Morgan fingerprint density at radius 3 is 2.39 bits per heavy atom. The zero-order valence-electron chi connectivity index (χ0n) is 20.2. The van der Waals surface area contributed by atoms with Crippen molar-refractivity contribution in [3.05, 3.63) is 47.3 Å². The van der Waals surface area contributed by atoms with Crippen LogP contribution >= 0.6 is 0 Å². The lowest BCUT2D eigenvalue weighted by atomic mass is 10.0. The smallest absolute Gasteiger partial charge is 0.372 e. The van der Waals surface area contributed by atoms with Crippen LogP contribution in [0.25, 0.3) is 0 Å². The number of halogens is 3. The molecule has 3 aliphatic rings. The van der Waals surface area contributed by atoms with Crippen LogP contribution in [0.2, 0.25) is 0 Å². The Morgan fingerprint density at radius 1 is 1.14 bits per heavy atom. The maximum Gasteiger partial charge on any atom is 0.416 e. The average molecular weight is 505 g/mol. The Labute approximate surface area is 207 Å². The third-order valence-corrected chi connectivity index (χ3v) is 7.97. The van der Waals surface area contributed by atoms with Crippen molar-refractivity contribution in [2.75, 3.05) is 38.1 Å². The minimum absolute atomic E-state index is 0.155. The van der Waals surface area contributed by atoms with Crippen molar-refractivity contribution in [3.63, 3.8) is 0 Å². The summed E-state index contributed by atoms with van der Waals surface area (Å²) in [6.07, 6.45) is 1.87. The molecule has 0 bridgehead atoms. The largest absolute Gasteiger partial charge is 0.416 e. The number of aromatic nitrogens is 2. The molecule has 1 aromatic heterocycles. The quantitative estimate of drug-likeness (QED) is 0.675. The van der Waals surface area contributed by atoms with E-state index in [1.54, 1.807) is 11.0 Å². The molecule has 2 aromatic rings. The molecule has 11 heteroatoms. The minimum atomic E-state index is -4.40. The number of carbonyl (C=O) groups excluding carboxylic acids is 2. The number of alkyl halides is 3. The number of benzene rings is 1. The number of hydrogen-bond acceptors (Lipinski definition) is 5. The standard InChI is InChI=1S/C25H31F3N6O2/c1-31(12-16-4-5-20(32-6-2-3-7-32)10-22(16)25(26,27)28)21-8-17-13-33(14-18(17)9-21)24(36)34-15-19(11-30-34)23(29)35/h4-5,10-11,15,17-18,21H,2-3,6-9,12-14H2,1H3,(H2,29,35)/t17-,18+,21?. The highest BCUT2D eigenvalue weighted by Gasteiger charge is 2.44. The van der Waals surface area contributed by atoms with Gasteiger partial charge in [-0.3, -0.25) is 9.69 Å². The second-order valence-corrected chi connectivity index (χ2v) is 10.3. The van der Waals surface area contributed by atoms with E-state index in [2.05, 4.69) is 5.10 Å². The van der Waals surface area contributed by atoms with Crippen molar-refractivity contribution >= 4 is 17.6 Å². The molecule has 2 N–H and O–H groups in total. The fraction of sp³-hybridized carbons (Fsp3) is 0.560. The van der Waals surface area contributed by atoms with E-state index >= 15 is 0 Å². The van der Waals surface area contributed by atoms with Crippen LogP contribution in [-0.4, -0.2) is 70.8 Å². The fourth-order valence-corrected chi connectivity index (χ4v) is 6.02. The summed E-state index contributed by atoms with van der Waals surface area (Å²) in [7, 11) is 1.89. The van der Waals surface area contributed by atoms with Crippen molar-refractivity contribution in [2.24, 2.45) is 17.6 Å². The minimum Gasteiger partial charge on any atom is -0.372 e. The molecule has 36 heavy (non-hydrogen) atoms. The predicted octanol–water partition coefficient (Wildman–Crippen LogP) is 3.41. The molecule has 1 saturated carbocycles. The summed E-state index contributed by atoms with van der Waals surface area (Å²) in [6, 6.07) is 4.61. The molecule has 8 nitrogen and oxygen atoms in total. The van der Waals surface area contributed by atoms with E-state index in [0.717, 1.165) is 43.5 Å². The molecule has 1 aliphatic carbocycles. The van der Waals surface area contributed by atoms with E-state index in [-0.39, 0.29) is 36.0 Å². The summed E-state index contributed by atoms with van der Waals surface area (Å²) in [4.78, 5) is 29.8. The number of anilines is 1. The average Bonchev–Trinajstić information content (AvgIpc) is 3.62. The molecule has 3 fully saturated rings. The van der Waals surface area contributed by atoms with E-state index in [4.69, 9.17) is 5.73 Å². The van der Waals surface area contributed by atoms with Crippen molar-refractivity contribution in [1.82, 2.24) is 19.6 Å². The van der Waals surface area contributed by atoms with Crippen molar-refractivity contribution in [3.8, 4) is 0 Å². The van der Waals surface area contributed by atoms with Gasteiger partial charge in [-0.25, -0.2) is 4.79 Å². The normalized spacial score (nSPS) is 24.1. The predicted molar refractivity (Wildman–Crippen MR) is 127 cm³/mol. The van der Waals surface area contributed by atoms with Crippen molar-refractivity contribution in [2.45, 2.75) is 44.4 Å². The Hall–Kier alpha value is -3.08. The van der Waals surface area contributed by atoms with Crippen LogP contribution in [0.3, 0.4) is 0 Å². The topological polar surface area (TPSA) is 87.7 Å². The van der Waals surface area contributed by atoms with Crippen LogP contribution in [0, 0.1) is 11.8 Å². The highest BCUT2D eigenvalue weighted by Crippen LogP contribution is 2.41. The van der Waals surface area contributed by atoms with Gasteiger partial charge in [0.2, 0.25) is 0 Å². The van der Waals surface area contributed by atoms with Gasteiger partial charge in [-0.2, -0.15) is 23.0 Å². The third kappa shape index (κ3) is 4.80. The monoisotopic (exact) mass is 504 g/mol. The SMILES string of the molecule is CN(Cc1ccc(N2CCCC2)cc1C(F)(F)F)C1C[C@@H]2CN(C(=O)n3cc(C(N)=O)cn3)C[C@@H]2C1. The number of fused-ring (bicyclic) bond motifs is 1. The fourth-order valence-electron chi connectivity index (χ4n) is 6.02. The number of amides is 2. The van der Waals surface area contributed by atoms with E-state index in [1.807, 2.05) is 22.9 Å². The van der Waals surface area contributed by atoms with Crippen LogP contribution < -0.4 is 10.6 Å². The lowest BCUT2D eigenvalue weighted by Gasteiger charge is -2.28. The molecule has 3 atom stereocenters. The molecule has 1 aromatic carbocycles. The van der Waals surface area contributed by atoms with E-state index < -0.39 is 17.6 Å². The lowest BCUT2D eigenvalue weighted by Crippen LogP contribution is -2.36. The summed E-state index contributed by atoms with van der Waals surface area (Å²) >= 11 is 0. The van der Waals surface area contributed by atoms with Gasteiger partial charge >= 0.3 is 12.2 Å². The molecule has 2 amide bonds. The van der Waals surface area contributed by atoms with Gasteiger partial charge in [0.1, 0.15) is 0 Å². The third-order valence-electron chi connectivity index (χ3n) is 7.97. The Bertz CT molecular complexity index is 1130. The summed E-state index contributed by atoms with van der Waals surface area (Å²) < 4.78 is 42.9. The number of nitrogens with zero attached hydrogens (tertiary/aromatic N) is 5. The molecule has 0 spiro atoms. The Morgan fingerprint density at radius 2 is 1.81 bits per heavy atom. The maximum absolute atomic E-state index is 13.9. The number of likely N-dealkylation sites (tertiary alicyclic amines) is 1. The number of hydrogen-bond donors (Lipinski definition) is 1. The summed E-state index contributed by atoms with van der Waals surface area (Å²) in [5.74, 6) is -0.0722. The number of primary amides is 1. The van der Waals surface area contributed by atoms with E-state index in [1.165, 1.54) is 18.5 Å². The second kappa shape index (κ2) is 9.42. The number of rotatable bonds is 5. The molecule has 194 valence electrons. The van der Waals surface area contributed by atoms with Gasteiger partial charge in [0.05, 0.1) is 17.3 Å². The van der Waals surface area contributed by atoms with E-state index in [9.17, 15) is 22.8 Å². The Balaban J connectivity index is 1.22. The first-order chi connectivity index (χ1) is 17.1. The van der Waals surface area contributed by atoms with Crippen LogP contribution in [-0.2, 0) is 12.7 Å². The van der Waals surface area contributed by atoms with Crippen LogP contribution in [0.5, 0.6) is 0 Å². The number of carbonyl (C=O) groups is 2. The Kier molecular flexibility index (Phi) is 6.44. The van der Waals surface area contributed by atoms with Crippen LogP contribution in [0.1, 0.15) is 47.2 Å². The van der Waals surface area contributed by atoms with Gasteiger partial charge < -0.3 is 15.5 Å².